The molecular weight excluding hydrogens is 491 g/mol. The third-order valence-electron chi connectivity index (χ3n) is 4.92. The smallest absolute Gasteiger partial charge is 0.119 e. The molecule has 4 rings (SSSR count). The summed E-state index contributed by atoms with van der Waals surface area (Å²) in [6, 6.07) is 41.6. The van der Waals surface area contributed by atoms with Crippen LogP contribution in [0.25, 0.3) is 0 Å². The van der Waals surface area contributed by atoms with E-state index in [-0.39, 0.29) is 17.0 Å². The van der Waals surface area contributed by atoms with E-state index in [0.717, 1.165) is 6.16 Å². The summed E-state index contributed by atoms with van der Waals surface area (Å²) in [4.78, 5) is 0. The van der Waals surface area contributed by atoms with Gasteiger partial charge < -0.3 is 17.0 Å². The number of benzene rings is 4. The Morgan fingerprint density at radius 2 is 0.964 bits per heavy atom. The van der Waals surface area contributed by atoms with Crippen LogP contribution in [0.4, 0.5) is 0 Å². The van der Waals surface area contributed by atoms with Gasteiger partial charge in [0.1, 0.15) is 23.2 Å². The van der Waals surface area contributed by atoms with Crippen LogP contribution in [0.2, 0.25) is 0 Å². The molecule has 0 nitrogen and oxygen atoms in total. The van der Waals surface area contributed by atoms with Crippen LogP contribution < -0.4 is 32.9 Å². The number of hydrogen-bond donors (Lipinski definition) is 0. The van der Waals surface area contributed by atoms with Gasteiger partial charge in [-0.25, -0.2) is 0 Å². The van der Waals surface area contributed by atoms with Crippen LogP contribution in [0.1, 0.15) is 5.56 Å². The number of halogens is 2. The van der Waals surface area contributed by atoms with Gasteiger partial charge in [-0.15, -0.1) is 0 Å². The predicted octanol–water partition coefficient (Wildman–Crippen LogP) is 2.95. The number of hydrogen-bond acceptors (Lipinski definition) is 0. The fraction of sp³-hybridized carbons (Fsp3) is 0.0400. The van der Waals surface area contributed by atoms with E-state index in [1.54, 1.807) is 0 Å². The van der Waals surface area contributed by atoms with Crippen molar-refractivity contribution < 1.29 is 17.0 Å². The van der Waals surface area contributed by atoms with E-state index in [4.69, 9.17) is 0 Å². The van der Waals surface area contributed by atoms with E-state index in [1.165, 1.54) is 25.9 Å². The van der Waals surface area contributed by atoms with Crippen molar-refractivity contribution in [3.05, 3.63) is 125 Å². The molecule has 0 spiro atoms. The zero-order valence-electron chi connectivity index (χ0n) is 15.4. The van der Waals surface area contributed by atoms with Gasteiger partial charge in [0, 0.05) is 0 Å². The predicted molar refractivity (Wildman–Crippen MR) is 123 cm³/mol. The highest BCUT2D eigenvalue weighted by molar-refractivity contribution is 9.10. The molecule has 0 aromatic heterocycles. The first-order valence-corrected chi connectivity index (χ1v) is 11.9. The summed E-state index contributed by atoms with van der Waals surface area (Å²) < 4.78 is 1.18. The fourth-order valence-corrected chi connectivity index (χ4v) is 9.16. The molecule has 4 aromatic carbocycles. The summed E-state index contributed by atoms with van der Waals surface area (Å²) in [7, 11) is -1.86. The zero-order chi connectivity index (χ0) is 18.5. The van der Waals surface area contributed by atoms with Crippen LogP contribution in [-0.2, 0) is 6.16 Å². The third kappa shape index (κ3) is 4.15. The third-order valence-corrected chi connectivity index (χ3v) is 10.3. The normalized spacial score (nSPS) is 10.9. The summed E-state index contributed by atoms with van der Waals surface area (Å²) in [5.74, 6) is 0. The molecule has 3 heteroatoms. The minimum Gasteiger partial charge on any atom is -1.00 e. The van der Waals surface area contributed by atoms with Crippen LogP contribution >= 0.6 is 23.2 Å². The maximum atomic E-state index is 3.87. The van der Waals surface area contributed by atoms with Gasteiger partial charge in [-0.1, -0.05) is 78.9 Å². The average molecular weight is 512 g/mol. The molecule has 28 heavy (non-hydrogen) atoms. The van der Waals surface area contributed by atoms with Crippen molar-refractivity contribution in [1.29, 1.82) is 0 Å². The van der Waals surface area contributed by atoms with Crippen molar-refractivity contribution in [3.8, 4) is 0 Å². The maximum Gasteiger partial charge on any atom is 0.119 e. The van der Waals surface area contributed by atoms with Crippen LogP contribution in [0, 0.1) is 0 Å². The van der Waals surface area contributed by atoms with E-state index < -0.39 is 7.26 Å². The summed E-state index contributed by atoms with van der Waals surface area (Å²) in [6.07, 6.45) is 1.00. The lowest BCUT2D eigenvalue weighted by molar-refractivity contribution is -0.00000510. The van der Waals surface area contributed by atoms with Crippen molar-refractivity contribution in [2.45, 2.75) is 6.16 Å². The second-order valence-corrected chi connectivity index (χ2v) is 10.9. The van der Waals surface area contributed by atoms with Crippen LogP contribution in [-0.4, -0.2) is 0 Å². The Hall–Kier alpha value is -1.73. The van der Waals surface area contributed by atoms with Crippen molar-refractivity contribution in [1.82, 2.24) is 0 Å². The lowest BCUT2D eigenvalue weighted by Gasteiger charge is -2.28. The average Bonchev–Trinajstić information content (AvgIpc) is 2.75. The van der Waals surface area contributed by atoms with Gasteiger partial charge in [0.15, 0.2) is 0 Å². The first kappa shape index (κ1) is 21.0. The highest BCUT2D eigenvalue weighted by atomic mass is 79.9. The van der Waals surface area contributed by atoms with Crippen molar-refractivity contribution in [3.63, 3.8) is 0 Å². The quantitative estimate of drug-likeness (QED) is 0.361. The van der Waals surface area contributed by atoms with Gasteiger partial charge in [-0.2, -0.15) is 0 Å². The Kier molecular flexibility index (Phi) is 7.24. The minimum absolute atomic E-state index is 0. The van der Waals surface area contributed by atoms with Crippen molar-refractivity contribution >= 4 is 39.1 Å². The molecule has 0 saturated heterocycles. The Morgan fingerprint density at radius 1 is 0.536 bits per heavy atom. The Labute approximate surface area is 186 Å². The summed E-state index contributed by atoms with van der Waals surface area (Å²) >= 11 is 3.87. The van der Waals surface area contributed by atoms with Gasteiger partial charge in [0.2, 0.25) is 0 Å². The molecule has 0 bridgehead atoms. The van der Waals surface area contributed by atoms with Gasteiger partial charge in [-0.3, -0.25) is 0 Å². The highest BCUT2D eigenvalue weighted by Gasteiger charge is 2.46. The molecule has 0 unspecified atom stereocenters. The van der Waals surface area contributed by atoms with Crippen molar-refractivity contribution in [2.75, 3.05) is 0 Å². The molecule has 0 radical (unpaired) electrons. The van der Waals surface area contributed by atoms with Gasteiger partial charge >= 0.3 is 0 Å². The SMILES string of the molecule is Brc1ccccc1[P+](Cc1ccccc1)(c1ccccc1)c1ccccc1.[Br-]. The van der Waals surface area contributed by atoms with Gasteiger partial charge in [0.25, 0.3) is 0 Å². The van der Waals surface area contributed by atoms with E-state index in [0.29, 0.717) is 0 Å². The van der Waals surface area contributed by atoms with Crippen molar-refractivity contribution in [2.24, 2.45) is 0 Å². The molecule has 0 heterocycles. The first-order chi connectivity index (χ1) is 13.3. The first-order valence-electron chi connectivity index (χ1n) is 9.09. The molecule has 0 aliphatic carbocycles. The summed E-state index contributed by atoms with van der Waals surface area (Å²) in [5.41, 5.74) is 1.37. The van der Waals surface area contributed by atoms with Gasteiger partial charge in [0.05, 0.1) is 10.6 Å². The standard InChI is InChI=1S/C25H21BrP.BrH/c26-24-18-10-11-19-25(24)27(22-14-6-2-7-15-22,23-16-8-3-9-17-23)20-21-12-4-1-5-13-21;/h1-19H,20H2;1H/q+1;/p-1. The van der Waals surface area contributed by atoms with Crippen LogP contribution in [0.5, 0.6) is 0 Å². The summed E-state index contributed by atoms with van der Waals surface area (Å²) in [6.45, 7) is 0. The van der Waals surface area contributed by atoms with Crippen LogP contribution in [0.3, 0.4) is 0 Å². The molecule has 4 aromatic rings. The largest absolute Gasteiger partial charge is 1.00 e. The second kappa shape index (κ2) is 9.65. The topological polar surface area (TPSA) is 0 Å². The Morgan fingerprint density at radius 3 is 1.46 bits per heavy atom. The molecule has 0 aliphatic rings. The van der Waals surface area contributed by atoms with Crippen LogP contribution in [0.15, 0.2) is 120 Å². The van der Waals surface area contributed by atoms with E-state index in [1.807, 2.05) is 0 Å². The lowest BCUT2D eigenvalue weighted by atomic mass is 10.2. The minimum atomic E-state index is -1.86. The molecule has 140 valence electrons. The van der Waals surface area contributed by atoms with E-state index in [9.17, 15) is 0 Å². The van der Waals surface area contributed by atoms with E-state index >= 15 is 0 Å². The van der Waals surface area contributed by atoms with E-state index in [2.05, 4.69) is 131 Å². The molecule has 0 amide bonds. The van der Waals surface area contributed by atoms with Gasteiger partial charge in [-0.05, 0) is 57.9 Å². The Bertz CT molecular complexity index is 963. The molecule has 0 saturated carbocycles. The molecule has 0 atom stereocenters. The monoisotopic (exact) mass is 510 g/mol. The Balaban J connectivity index is 0.00000225. The lowest BCUT2D eigenvalue weighted by Crippen LogP contribution is -3.00. The maximum absolute atomic E-state index is 3.87. The second-order valence-electron chi connectivity index (χ2n) is 6.58. The zero-order valence-corrected chi connectivity index (χ0v) is 19.4. The summed E-state index contributed by atoms with van der Waals surface area (Å²) in [5, 5.41) is 4.21. The molecule has 0 N–H and O–H groups in total. The highest BCUT2D eigenvalue weighted by Crippen LogP contribution is 2.59. The fourth-order valence-electron chi connectivity index (χ4n) is 3.68. The molecular formula is C25H21Br2P. The molecule has 0 fully saturated rings. The molecule has 0 aliphatic heterocycles. The number of rotatable bonds is 5.